The lowest BCUT2D eigenvalue weighted by molar-refractivity contribution is 0.0952. The Hall–Kier alpha value is -3.94. The van der Waals surface area contributed by atoms with Crippen LogP contribution in [0.1, 0.15) is 21.5 Å². The minimum absolute atomic E-state index is 0.105. The molecule has 7 heteroatoms. The highest BCUT2D eigenvalue weighted by Crippen LogP contribution is 2.36. The van der Waals surface area contributed by atoms with Gasteiger partial charge in [0.25, 0.3) is 5.91 Å². The number of aromatic hydroxyl groups is 1. The third kappa shape index (κ3) is 5.35. The van der Waals surface area contributed by atoms with E-state index in [0.717, 1.165) is 33.8 Å². The molecule has 0 fully saturated rings. The minimum atomic E-state index is -0.525. The summed E-state index contributed by atoms with van der Waals surface area (Å²) in [6.07, 6.45) is 1.64. The fourth-order valence-corrected chi connectivity index (χ4v) is 5.49. The van der Waals surface area contributed by atoms with Crippen molar-refractivity contribution >= 4 is 44.0 Å². The molecule has 4 aromatic carbocycles. The molecule has 0 saturated heterocycles. The summed E-state index contributed by atoms with van der Waals surface area (Å²) in [4.78, 5) is 12.8. The molecular weight excluding hydrogens is 606 g/mol. The van der Waals surface area contributed by atoms with Crippen LogP contribution in [0.3, 0.4) is 0 Å². The van der Waals surface area contributed by atoms with Gasteiger partial charge in [-0.3, -0.25) is 4.79 Å². The Kier molecular flexibility index (Phi) is 7.58. The van der Waals surface area contributed by atoms with Crippen molar-refractivity contribution in [2.45, 2.75) is 6.92 Å². The molecule has 0 atom stereocenters. The van der Waals surface area contributed by atoms with Crippen molar-refractivity contribution in [1.29, 1.82) is 0 Å². The number of aryl methyl sites for hydroxylation is 1. The van der Waals surface area contributed by atoms with E-state index in [9.17, 15) is 9.90 Å². The Labute approximate surface area is 237 Å². The van der Waals surface area contributed by atoms with E-state index in [-0.39, 0.29) is 11.3 Å². The van der Waals surface area contributed by atoms with Gasteiger partial charge in [-0.1, -0.05) is 94.3 Å². The van der Waals surface area contributed by atoms with Crippen molar-refractivity contribution in [2.75, 3.05) is 0 Å². The van der Waals surface area contributed by atoms with Crippen molar-refractivity contribution in [3.8, 4) is 34.0 Å². The summed E-state index contributed by atoms with van der Waals surface area (Å²) in [6, 6.07) is 33.9. The number of hydrazone groups is 1. The highest BCUT2D eigenvalue weighted by Gasteiger charge is 2.19. The molecule has 0 bridgehead atoms. The predicted molar refractivity (Wildman–Crippen MR) is 160 cm³/mol. The first-order valence-corrected chi connectivity index (χ1v) is 13.5. The van der Waals surface area contributed by atoms with E-state index in [1.165, 1.54) is 5.56 Å². The lowest BCUT2D eigenvalue weighted by Gasteiger charge is -2.15. The second kappa shape index (κ2) is 11.2. The molecule has 0 spiro atoms. The molecule has 0 saturated carbocycles. The number of rotatable bonds is 6. The number of hydrogen-bond acceptors (Lipinski definition) is 3. The zero-order valence-corrected chi connectivity index (χ0v) is 23.6. The second-order valence-electron chi connectivity index (χ2n) is 8.72. The molecule has 0 unspecified atom stereocenters. The number of phenolic OH excluding ortho intramolecular Hbond substituents is 1. The fraction of sp³-hybridized carbons (Fsp3) is 0.0323. The molecule has 2 N–H and O–H groups in total. The van der Waals surface area contributed by atoms with Crippen LogP contribution in [0, 0.1) is 6.92 Å². The number of hydrogen-bond donors (Lipinski definition) is 2. The van der Waals surface area contributed by atoms with Crippen molar-refractivity contribution in [3.05, 3.63) is 129 Å². The summed E-state index contributed by atoms with van der Waals surface area (Å²) in [5.74, 6) is -0.675. The first-order chi connectivity index (χ1) is 18.4. The first kappa shape index (κ1) is 25.7. The van der Waals surface area contributed by atoms with Crippen molar-refractivity contribution in [1.82, 2.24) is 9.99 Å². The van der Waals surface area contributed by atoms with Crippen LogP contribution in [0.5, 0.6) is 5.75 Å². The molecular formula is C31H23Br2N3O2. The van der Waals surface area contributed by atoms with Gasteiger partial charge in [-0.25, -0.2) is 5.43 Å². The van der Waals surface area contributed by atoms with Crippen molar-refractivity contribution in [3.63, 3.8) is 0 Å². The SMILES string of the molecule is Cc1ccc(-n2c(-c3ccccc3)cc(/C=N\NC(=O)c3cc(Br)cc(Br)c3O)c2-c2ccccc2)cc1. The number of phenols is 1. The Morgan fingerprint density at radius 3 is 2.16 bits per heavy atom. The van der Waals surface area contributed by atoms with Crippen LogP contribution in [-0.2, 0) is 0 Å². The summed E-state index contributed by atoms with van der Waals surface area (Å²) in [7, 11) is 0. The number of nitrogens with one attached hydrogen (secondary N) is 1. The number of amides is 1. The summed E-state index contributed by atoms with van der Waals surface area (Å²) in [5, 5.41) is 14.6. The van der Waals surface area contributed by atoms with Gasteiger partial charge in [-0.15, -0.1) is 0 Å². The van der Waals surface area contributed by atoms with Gasteiger partial charge >= 0.3 is 0 Å². The van der Waals surface area contributed by atoms with Crippen LogP contribution in [0.15, 0.2) is 117 Å². The van der Waals surface area contributed by atoms with Crippen LogP contribution in [0.4, 0.5) is 0 Å². The van der Waals surface area contributed by atoms with Gasteiger partial charge in [0.05, 0.1) is 27.6 Å². The Balaban J connectivity index is 1.63. The smallest absolute Gasteiger partial charge is 0.275 e. The lowest BCUT2D eigenvalue weighted by Crippen LogP contribution is -2.18. The topological polar surface area (TPSA) is 66.6 Å². The minimum Gasteiger partial charge on any atom is -0.506 e. The number of nitrogens with zero attached hydrogens (tertiary/aromatic N) is 2. The molecule has 188 valence electrons. The van der Waals surface area contributed by atoms with Gasteiger partial charge in [0.15, 0.2) is 0 Å². The maximum Gasteiger partial charge on any atom is 0.275 e. The summed E-state index contributed by atoms with van der Waals surface area (Å²) in [6.45, 7) is 2.07. The van der Waals surface area contributed by atoms with E-state index in [4.69, 9.17) is 0 Å². The third-order valence-corrected chi connectivity index (χ3v) is 7.14. The molecule has 5 aromatic rings. The van der Waals surface area contributed by atoms with Crippen LogP contribution in [0.25, 0.3) is 28.2 Å². The summed E-state index contributed by atoms with van der Waals surface area (Å²) >= 11 is 6.62. The molecule has 0 aliphatic heterocycles. The van der Waals surface area contributed by atoms with E-state index < -0.39 is 5.91 Å². The molecule has 0 aliphatic carbocycles. The van der Waals surface area contributed by atoms with Gasteiger partial charge in [-0.05, 0) is 64.3 Å². The zero-order valence-electron chi connectivity index (χ0n) is 20.4. The van der Waals surface area contributed by atoms with E-state index in [1.807, 2.05) is 36.4 Å². The molecule has 5 nitrogen and oxygen atoms in total. The Morgan fingerprint density at radius 2 is 1.50 bits per heavy atom. The quantitative estimate of drug-likeness (QED) is 0.147. The van der Waals surface area contributed by atoms with E-state index >= 15 is 0 Å². The van der Waals surface area contributed by atoms with E-state index in [2.05, 4.69) is 108 Å². The number of aromatic nitrogens is 1. The third-order valence-electron chi connectivity index (χ3n) is 6.08. The standard InChI is InChI=1S/C31H23Br2N3O2/c1-20-12-14-25(15-13-20)36-28(21-8-4-2-5-9-21)16-23(29(36)22-10-6-3-7-11-22)19-34-35-31(38)26-17-24(32)18-27(33)30(26)37/h2-19,37H,1H3,(H,35,38)/b34-19-. The maximum absolute atomic E-state index is 12.8. The van der Waals surface area contributed by atoms with Crippen LogP contribution >= 0.6 is 31.9 Å². The molecule has 0 radical (unpaired) electrons. The molecule has 5 rings (SSSR count). The lowest BCUT2D eigenvalue weighted by atomic mass is 10.1. The van der Waals surface area contributed by atoms with Crippen LogP contribution in [0.2, 0.25) is 0 Å². The summed E-state index contributed by atoms with van der Waals surface area (Å²) < 4.78 is 3.28. The zero-order chi connectivity index (χ0) is 26.6. The number of carbonyl (C=O) groups excluding carboxylic acids is 1. The average Bonchev–Trinajstić information content (AvgIpc) is 3.31. The van der Waals surface area contributed by atoms with E-state index in [1.54, 1.807) is 18.3 Å². The predicted octanol–water partition coefficient (Wildman–Crippen LogP) is 8.11. The number of carbonyl (C=O) groups is 1. The molecule has 1 heterocycles. The van der Waals surface area contributed by atoms with Gasteiger partial charge in [0.1, 0.15) is 5.75 Å². The number of halogens is 2. The van der Waals surface area contributed by atoms with Gasteiger partial charge in [-0.2, -0.15) is 5.10 Å². The highest BCUT2D eigenvalue weighted by molar-refractivity contribution is 9.11. The second-order valence-corrected chi connectivity index (χ2v) is 10.5. The summed E-state index contributed by atoms with van der Waals surface area (Å²) in [5.41, 5.74) is 9.69. The van der Waals surface area contributed by atoms with Crippen LogP contribution in [-0.4, -0.2) is 21.8 Å². The molecule has 1 aromatic heterocycles. The van der Waals surface area contributed by atoms with Crippen LogP contribution < -0.4 is 5.43 Å². The van der Waals surface area contributed by atoms with Gasteiger partial charge in [0.2, 0.25) is 0 Å². The first-order valence-electron chi connectivity index (χ1n) is 11.9. The van der Waals surface area contributed by atoms with Gasteiger partial charge in [0, 0.05) is 15.7 Å². The molecule has 0 aliphatic rings. The Bertz CT molecular complexity index is 1630. The average molecular weight is 629 g/mol. The van der Waals surface area contributed by atoms with Gasteiger partial charge < -0.3 is 9.67 Å². The number of benzene rings is 4. The highest BCUT2D eigenvalue weighted by atomic mass is 79.9. The fourth-order valence-electron chi connectivity index (χ4n) is 4.26. The largest absolute Gasteiger partial charge is 0.506 e. The Morgan fingerprint density at radius 1 is 0.868 bits per heavy atom. The van der Waals surface area contributed by atoms with Crippen molar-refractivity contribution in [2.24, 2.45) is 5.10 Å². The molecule has 1 amide bonds. The maximum atomic E-state index is 12.8. The molecule has 38 heavy (non-hydrogen) atoms. The van der Waals surface area contributed by atoms with E-state index in [0.29, 0.717) is 8.95 Å². The normalized spacial score (nSPS) is 11.1. The van der Waals surface area contributed by atoms with Crippen molar-refractivity contribution < 1.29 is 9.90 Å². The monoisotopic (exact) mass is 627 g/mol.